The summed E-state index contributed by atoms with van der Waals surface area (Å²) in [7, 11) is 0. The van der Waals surface area contributed by atoms with Gasteiger partial charge in [0.1, 0.15) is 0 Å². The van der Waals surface area contributed by atoms with E-state index < -0.39 is 0 Å². The number of nitrogens with zero attached hydrogens (tertiary/aromatic N) is 4. The number of benzene rings is 1. The third-order valence-electron chi connectivity index (χ3n) is 5.52. The Balaban J connectivity index is 1.50. The summed E-state index contributed by atoms with van der Waals surface area (Å²) in [6, 6.07) is 11.0. The molecule has 0 saturated carbocycles. The van der Waals surface area contributed by atoms with Crippen molar-refractivity contribution >= 4 is 0 Å². The minimum absolute atomic E-state index is 0.100. The van der Waals surface area contributed by atoms with E-state index in [4.69, 9.17) is 4.74 Å². The molecule has 1 saturated heterocycles. The van der Waals surface area contributed by atoms with Crippen LogP contribution in [-0.4, -0.2) is 63.6 Å². The fourth-order valence-corrected chi connectivity index (χ4v) is 3.94. The Labute approximate surface area is 155 Å². The second kappa shape index (κ2) is 8.31. The summed E-state index contributed by atoms with van der Waals surface area (Å²) in [4.78, 5) is 5.12. The van der Waals surface area contributed by atoms with Crippen LogP contribution in [0.2, 0.25) is 0 Å². The van der Waals surface area contributed by atoms with Crippen LogP contribution in [0, 0.1) is 0 Å². The van der Waals surface area contributed by atoms with Gasteiger partial charge in [0.25, 0.3) is 0 Å². The van der Waals surface area contributed by atoms with Gasteiger partial charge in [-0.15, -0.1) is 0 Å². The predicted octanol–water partition coefficient (Wildman–Crippen LogP) is 1.48. The number of rotatable bonds is 5. The summed E-state index contributed by atoms with van der Waals surface area (Å²) in [6.07, 6.45) is 3.02. The van der Waals surface area contributed by atoms with E-state index in [2.05, 4.69) is 37.8 Å². The number of fused-ring (bicyclic) bond motifs is 1. The highest BCUT2D eigenvalue weighted by molar-refractivity contribution is 5.22. The van der Waals surface area contributed by atoms with Gasteiger partial charge < -0.3 is 9.84 Å². The van der Waals surface area contributed by atoms with Gasteiger partial charge in [-0.25, -0.2) is 0 Å². The van der Waals surface area contributed by atoms with Crippen LogP contribution in [-0.2, 0) is 31.0 Å². The van der Waals surface area contributed by atoms with Crippen molar-refractivity contribution in [1.82, 2.24) is 19.6 Å². The lowest BCUT2D eigenvalue weighted by atomic mass is 10.1. The summed E-state index contributed by atoms with van der Waals surface area (Å²) in [5.41, 5.74) is 3.55. The van der Waals surface area contributed by atoms with Gasteiger partial charge in [0, 0.05) is 51.5 Å². The molecule has 0 amide bonds. The van der Waals surface area contributed by atoms with E-state index in [1.807, 2.05) is 18.3 Å². The molecule has 1 aromatic carbocycles. The summed E-state index contributed by atoms with van der Waals surface area (Å²) >= 11 is 0. The zero-order valence-corrected chi connectivity index (χ0v) is 15.3. The molecule has 4 rings (SSSR count). The Morgan fingerprint density at radius 2 is 1.81 bits per heavy atom. The molecule has 0 spiro atoms. The topological polar surface area (TPSA) is 53.8 Å². The molecule has 1 atom stereocenters. The average Bonchev–Trinajstić information content (AvgIpc) is 3.07. The number of aliphatic hydroxyl groups excluding tert-OH is 1. The van der Waals surface area contributed by atoms with Gasteiger partial charge in [0.2, 0.25) is 0 Å². The second-order valence-corrected chi connectivity index (χ2v) is 7.28. The van der Waals surface area contributed by atoms with Crippen LogP contribution < -0.4 is 0 Å². The van der Waals surface area contributed by atoms with Gasteiger partial charge in [-0.1, -0.05) is 24.3 Å². The molecule has 3 heterocycles. The smallest absolute Gasteiger partial charge is 0.0681 e. The first-order valence-electron chi connectivity index (χ1n) is 9.55. The lowest BCUT2D eigenvalue weighted by Gasteiger charge is -2.35. The molecular formula is C20H28N4O2. The van der Waals surface area contributed by atoms with Crippen LogP contribution >= 0.6 is 0 Å². The SMILES string of the molecule is OCc1ccc(CN2Cc3ccnn3CC[C@H]2CN2CCOCC2)cc1. The zero-order chi connectivity index (χ0) is 17.8. The largest absolute Gasteiger partial charge is 0.392 e. The number of morpholine rings is 1. The van der Waals surface area contributed by atoms with Gasteiger partial charge in [-0.2, -0.15) is 5.10 Å². The molecule has 2 aliphatic rings. The standard InChI is InChI=1S/C20H28N4O2/c25-16-18-3-1-17(2-4-18)13-23-15-20-5-7-21-24(20)8-6-19(23)14-22-9-11-26-12-10-22/h1-5,7,19,25H,6,8-16H2/t19-/m0/s1. The van der Waals surface area contributed by atoms with Gasteiger partial charge in [0.15, 0.2) is 0 Å². The third kappa shape index (κ3) is 4.15. The summed E-state index contributed by atoms with van der Waals surface area (Å²) < 4.78 is 7.66. The molecular weight excluding hydrogens is 328 g/mol. The first-order valence-corrected chi connectivity index (χ1v) is 9.55. The van der Waals surface area contributed by atoms with Crippen molar-refractivity contribution in [2.24, 2.45) is 0 Å². The maximum atomic E-state index is 9.26. The van der Waals surface area contributed by atoms with Crippen molar-refractivity contribution in [2.45, 2.75) is 38.7 Å². The number of hydrogen-bond acceptors (Lipinski definition) is 5. The van der Waals surface area contributed by atoms with E-state index >= 15 is 0 Å². The minimum Gasteiger partial charge on any atom is -0.392 e. The highest BCUT2D eigenvalue weighted by Gasteiger charge is 2.26. The van der Waals surface area contributed by atoms with Crippen molar-refractivity contribution in [3.05, 3.63) is 53.3 Å². The average molecular weight is 356 g/mol. The predicted molar refractivity (Wildman–Crippen MR) is 99.5 cm³/mol. The fourth-order valence-electron chi connectivity index (χ4n) is 3.94. The van der Waals surface area contributed by atoms with E-state index in [9.17, 15) is 5.11 Å². The monoisotopic (exact) mass is 356 g/mol. The molecule has 2 aliphatic heterocycles. The Morgan fingerprint density at radius 1 is 1.04 bits per heavy atom. The summed E-state index contributed by atoms with van der Waals surface area (Å²) in [5, 5.41) is 13.8. The van der Waals surface area contributed by atoms with Crippen molar-refractivity contribution in [2.75, 3.05) is 32.8 Å². The van der Waals surface area contributed by atoms with Crippen LogP contribution in [0.1, 0.15) is 23.2 Å². The lowest BCUT2D eigenvalue weighted by Crippen LogP contribution is -2.46. The normalized spacial score (nSPS) is 22.1. The van der Waals surface area contributed by atoms with Crippen LogP contribution in [0.25, 0.3) is 0 Å². The second-order valence-electron chi connectivity index (χ2n) is 7.28. The molecule has 26 heavy (non-hydrogen) atoms. The molecule has 6 heteroatoms. The number of aryl methyl sites for hydroxylation is 1. The molecule has 6 nitrogen and oxygen atoms in total. The van der Waals surface area contributed by atoms with Crippen molar-refractivity contribution < 1.29 is 9.84 Å². The maximum absolute atomic E-state index is 9.26. The number of aliphatic hydroxyl groups is 1. The molecule has 1 fully saturated rings. The van der Waals surface area contributed by atoms with E-state index in [1.54, 1.807) is 0 Å². The van der Waals surface area contributed by atoms with Crippen molar-refractivity contribution in [3.63, 3.8) is 0 Å². The Kier molecular flexibility index (Phi) is 5.65. The summed E-state index contributed by atoms with van der Waals surface area (Å²) in [5.74, 6) is 0. The van der Waals surface area contributed by atoms with Gasteiger partial charge in [-0.05, 0) is 23.6 Å². The molecule has 2 aromatic rings. The zero-order valence-electron chi connectivity index (χ0n) is 15.3. The number of ether oxygens (including phenoxy) is 1. The van der Waals surface area contributed by atoms with Crippen molar-refractivity contribution in [3.8, 4) is 0 Å². The highest BCUT2D eigenvalue weighted by Crippen LogP contribution is 2.21. The highest BCUT2D eigenvalue weighted by atomic mass is 16.5. The molecule has 0 aliphatic carbocycles. The number of hydrogen-bond donors (Lipinski definition) is 1. The van der Waals surface area contributed by atoms with Crippen molar-refractivity contribution in [1.29, 1.82) is 0 Å². The fraction of sp³-hybridized carbons (Fsp3) is 0.550. The van der Waals surface area contributed by atoms with Gasteiger partial charge in [0.05, 0.1) is 25.5 Å². The van der Waals surface area contributed by atoms with Crippen LogP contribution in [0.3, 0.4) is 0 Å². The first kappa shape index (κ1) is 17.7. The van der Waals surface area contributed by atoms with E-state index in [0.29, 0.717) is 6.04 Å². The Hall–Kier alpha value is -1.73. The van der Waals surface area contributed by atoms with Crippen LogP contribution in [0.5, 0.6) is 0 Å². The summed E-state index contributed by atoms with van der Waals surface area (Å²) in [6.45, 7) is 7.76. The first-order chi connectivity index (χ1) is 12.8. The lowest BCUT2D eigenvalue weighted by molar-refractivity contribution is 0.0197. The van der Waals surface area contributed by atoms with E-state index in [0.717, 1.165) is 64.5 Å². The van der Waals surface area contributed by atoms with Gasteiger partial charge >= 0.3 is 0 Å². The molecule has 0 radical (unpaired) electrons. The van der Waals surface area contributed by atoms with Crippen LogP contribution in [0.15, 0.2) is 36.5 Å². The Bertz CT molecular complexity index is 694. The molecule has 0 unspecified atom stereocenters. The van der Waals surface area contributed by atoms with E-state index in [-0.39, 0.29) is 6.61 Å². The quantitative estimate of drug-likeness (QED) is 0.880. The molecule has 1 aromatic heterocycles. The Morgan fingerprint density at radius 3 is 2.58 bits per heavy atom. The van der Waals surface area contributed by atoms with Gasteiger partial charge in [-0.3, -0.25) is 14.5 Å². The molecule has 1 N–H and O–H groups in total. The van der Waals surface area contributed by atoms with Crippen LogP contribution in [0.4, 0.5) is 0 Å². The third-order valence-corrected chi connectivity index (χ3v) is 5.52. The number of aromatic nitrogens is 2. The minimum atomic E-state index is 0.100. The van der Waals surface area contributed by atoms with E-state index in [1.165, 1.54) is 11.3 Å². The molecule has 0 bridgehead atoms. The molecule has 140 valence electrons. The maximum Gasteiger partial charge on any atom is 0.0681 e.